The third-order valence-corrected chi connectivity index (χ3v) is 4.47. The van der Waals surface area contributed by atoms with Gasteiger partial charge in [0, 0.05) is 11.7 Å². The van der Waals surface area contributed by atoms with Gasteiger partial charge in [-0.3, -0.25) is 0 Å². The largest absolute Gasteiger partial charge is 0.382 e. The monoisotopic (exact) mass is 231 g/mol. The highest BCUT2D eigenvalue weighted by Crippen LogP contribution is 2.32. The highest BCUT2D eigenvalue weighted by molar-refractivity contribution is 5.54. The van der Waals surface area contributed by atoms with Crippen molar-refractivity contribution in [1.29, 1.82) is 0 Å². The smallest absolute Gasteiger partial charge is 0.0374 e. The maximum Gasteiger partial charge on any atom is 0.0374 e. The highest BCUT2D eigenvalue weighted by Gasteiger charge is 2.27. The lowest BCUT2D eigenvalue weighted by molar-refractivity contribution is 0.268. The van der Waals surface area contributed by atoms with Gasteiger partial charge >= 0.3 is 0 Å². The lowest BCUT2D eigenvalue weighted by Crippen LogP contribution is -2.37. The molecule has 0 aliphatic heterocycles. The molecule has 1 saturated carbocycles. The summed E-state index contributed by atoms with van der Waals surface area (Å²) in [5.74, 6) is 1.58. The molecule has 0 heterocycles. The molecule has 0 radical (unpaired) electrons. The van der Waals surface area contributed by atoms with E-state index in [9.17, 15) is 0 Å². The molecular weight excluding hydrogens is 206 g/mol. The zero-order valence-corrected chi connectivity index (χ0v) is 11.6. The van der Waals surface area contributed by atoms with E-state index in [0.29, 0.717) is 6.04 Å². The molecule has 0 spiro atoms. The maximum atomic E-state index is 3.79. The van der Waals surface area contributed by atoms with Gasteiger partial charge in [0.05, 0.1) is 0 Å². The van der Waals surface area contributed by atoms with E-state index in [2.05, 4.69) is 51.2 Å². The molecule has 1 fully saturated rings. The molecule has 1 aromatic carbocycles. The van der Waals surface area contributed by atoms with E-state index >= 15 is 0 Å². The number of aryl methyl sites for hydroxylation is 1. The lowest BCUT2D eigenvalue weighted by atomic mass is 9.78. The first-order valence-electron chi connectivity index (χ1n) is 6.92. The van der Waals surface area contributed by atoms with Crippen LogP contribution >= 0.6 is 0 Å². The van der Waals surface area contributed by atoms with Crippen molar-refractivity contribution in [3.63, 3.8) is 0 Å². The number of rotatable bonds is 2. The van der Waals surface area contributed by atoms with Crippen LogP contribution in [-0.4, -0.2) is 6.04 Å². The van der Waals surface area contributed by atoms with Crippen molar-refractivity contribution in [3.8, 4) is 0 Å². The number of nitrogens with one attached hydrogen (secondary N) is 1. The first-order chi connectivity index (χ1) is 8.09. The Hall–Kier alpha value is -0.980. The summed E-state index contributed by atoms with van der Waals surface area (Å²) in [7, 11) is 0. The Morgan fingerprint density at radius 2 is 1.71 bits per heavy atom. The zero-order chi connectivity index (χ0) is 12.4. The molecule has 94 valence electrons. The van der Waals surface area contributed by atoms with Crippen molar-refractivity contribution in [2.24, 2.45) is 11.8 Å². The Bertz CT molecular complexity index is 373. The van der Waals surface area contributed by atoms with Crippen molar-refractivity contribution in [2.45, 2.75) is 53.0 Å². The minimum atomic E-state index is 0.643. The number of hydrogen-bond acceptors (Lipinski definition) is 1. The molecule has 1 aromatic rings. The van der Waals surface area contributed by atoms with Crippen molar-refractivity contribution in [3.05, 3.63) is 29.3 Å². The molecule has 2 unspecified atom stereocenters. The van der Waals surface area contributed by atoms with Gasteiger partial charge in [-0.1, -0.05) is 32.4 Å². The summed E-state index contributed by atoms with van der Waals surface area (Å²) in [6.07, 6.45) is 4.13. The second-order valence-electron chi connectivity index (χ2n) is 5.80. The minimum absolute atomic E-state index is 0.643. The van der Waals surface area contributed by atoms with Crippen LogP contribution in [0.5, 0.6) is 0 Å². The van der Waals surface area contributed by atoms with E-state index < -0.39 is 0 Å². The summed E-state index contributed by atoms with van der Waals surface area (Å²) >= 11 is 0. The Kier molecular flexibility index (Phi) is 3.76. The third-order valence-electron chi connectivity index (χ3n) is 4.47. The van der Waals surface area contributed by atoms with Gasteiger partial charge in [-0.05, 0) is 55.7 Å². The summed E-state index contributed by atoms with van der Waals surface area (Å²) in [6, 6.07) is 7.21. The van der Waals surface area contributed by atoms with Crippen LogP contribution in [0.25, 0.3) is 0 Å². The fourth-order valence-electron chi connectivity index (χ4n) is 3.05. The predicted molar refractivity (Wildman–Crippen MR) is 75.5 cm³/mol. The van der Waals surface area contributed by atoms with E-state index in [0.717, 1.165) is 11.8 Å². The quantitative estimate of drug-likeness (QED) is 0.788. The molecular formula is C16H25N. The molecule has 1 aliphatic carbocycles. The van der Waals surface area contributed by atoms with Crippen LogP contribution in [0.3, 0.4) is 0 Å². The van der Waals surface area contributed by atoms with Crippen LogP contribution in [-0.2, 0) is 0 Å². The second kappa shape index (κ2) is 5.12. The molecule has 1 aliphatic rings. The summed E-state index contributed by atoms with van der Waals surface area (Å²) in [4.78, 5) is 0. The molecule has 17 heavy (non-hydrogen) atoms. The van der Waals surface area contributed by atoms with E-state index in [-0.39, 0.29) is 0 Å². The summed E-state index contributed by atoms with van der Waals surface area (Å²) in [6.45, 7) is 9.18. The molecule has 0 amide bonds. The average Bonchev–Trinajstić information content (AvgIpc) is 2.29. The van der Waals surface area contributed by atoms with Gasteiger partial charge in [0.15, 0.2) is 0 Å². The van der Waals surface area contributed by atoms with Crippen LogP contribution < -0.4 is 5.32 Å². The fraction of sp³-hybridized carbons (Fsp3) is 0.625. The normalized spacial score (nSPS) is 29.1. The van der Waals surface area contributed by atoms with Crippen LogP contribution in [0.15, 0.2) is 18.2 Å². The Labute approximate surface area is 106 Å². The summed E-state index contributed by atoms with van der Waals surface area (Å²) < 4.78 is 0. The first kappa shape index (κ1) is 12.5. The number of hydrogen-bond donors (Lipinski definition) is 1. The van der Waals surface area contributed by atoms with Crippen LogP contribution in [0, 0.1) is 25.7 Å². The van der Waals surface area contributed by atoms with Gasteiger partial charge in [-0.15, -0.1) is 0 Å². The molecule has 0 aromatic heterocycles. The third kappa shape index (κ3) is 2.65. The van der Waals surface area contributed by atoms with Crippen LogP contribution in [0.4, 0.5) is 5.69 Å². The van der Waals surface area contributed by atoms with Crippen molar-refractivity contribution >= 4 is 5.69 Å². The van der Waals surface area contributed by atoms with Crippen molar-refractivity contribution in [2.75, 3.05) is 5.32 Å². The summed E-state index contributed by atoms with van der Waals surface area (Å²) in [5.41, 5.74) is 4.11. The average molecular weight is 231 g/mol. The summed E-state index contributed by atoms with van der Waals surface area (Å²) in [5, 5.41) is 3.79. The maximum absolute atomic E-state index is 3.79. The van der Waals surface area contributed by atoms with Gasteiger partial charge in [0.2, 0.25) is 0 Å². The van der Waals surface area contributed by atoms with Gasteiger partial charge in [0.1, 0.15) is 0 Å². The fourth-order valence-corrected chi connectivity index (χ4v) is 3.05. The van der Waals surface area contributed by atoms with Gasteiger partial charge < -0.3 is 5.32 Å². The standard InChI is InChI=1S/C16H25N/c1-11-7-6-10-15(14(11)4)17-16-12(2)8-5-9-13(16)3/h6-7,10,12-13,16-17H,5,8-9H2,1-4H3. The Balaban J connectivity index is 2.16. The molecule has 1 nitrogen and oxygen atoms in total. The molecule has 0 saturated heterocycles. The minimum Gasteiger partial charge on any atom is -0.382 e. The Morgan fingerprint density at radius 3 is 2.35 bits per heavy atom. The van der Waals surface area contributed by atoms with E-state index in [1.54, 1.807) is 0 Å². The molecule has 1 heteroatoms. The lowest BCUT2D eigenvalue weighted by Gasteiger charge is -2.36. The van der Waals surface area contributed by atoms with Gasteiger partial charge in [-0.2, -0.15) is 0 Å². The molecule has 2 atom stereocenters. The van der Waals surface area contributed by atoms with Gasteiger partial charge in [-0.25, -0.2) is 0 Å². The predicted octanol–water partition coefficient (Wildman–Crippen LogP) is 4.54. The van der Waals surface area contributed by atoms with E-state index in [1.165, 1.54) is 36.1 Å². The van der Waals surface area contributed by atoms with Gasteiger partial charge in [0.25, 0.3) is 0 Å². The van der Waals surface area contributed by atoms with E-state index in [1.807, 2.05) is 0 Å². The second-order valence-corrected chi connectivity index (χ2v) is 5.80. The van der Waals surface area contributed by atoms with Crippen molar-refractivity contribution < 1.29 is 0 Å². The zero-order valence-electron chi connectivity index (χ0n) is 11.6. The van der Waals surface area contributed by atoms with Crippen LogP contribution in [0.1, 0.15) is 44.2 Å². The number of anilines is 1. The highest BCUT2D eigenvalue weighted by atomic mass is 14.9. The molecule has 0 bridgehead atoms. The molecule has 1 N–H and O–H groups in total. The van der Waals surface area contributed by atoms with Crippen molar-refractivity contribution in [1.82, 2.24) is 0 Å². The topological polar surface area (TPSA) is 12.0 Å². The SMILES string of the molecule is Cc1cccc(NC2C(C)CCCC2C)c1C. The molecule has 2 rings (SSSR count). The number of benzene rings is 1. The Morgan fingerprint density at radius 1 is 1.06 bits per heavy atom. The van der Waals surface area contributed by atoms with E-state index in [4.69, 9.17) is 0 Å². The van der Waals surface area contributed by atoms with Crippen LogP contribution in [0.2, 0.25) is 0 Å². The first-order valence-corrected chi connectivity index (χ1v) is 6.92.